The Hall–Kier alpha value is -2.75. The molecule has 10 heteroatoms. The van der Waals surface area contributed by atoms with E-state index in [2.05, 4.69) is 16.0 Å². The Bertz CT molecular complexity index is 900. The van der Waals surface area contributed by atoms with Crippen LogP contribution in [0, 0.1) is 11.2 Å². The van der Waals surface area contributed by atoms with Crippen molar-refractivity contribution in [3.05, 3.63) is 23.5 Å². The molecule has 0 bridgehead atoms. The number of anilines is 2. The lowest BCUT2D eigenvalue weighted by molar-refractivity contribution is 0.0488. The van der Waals surface area contributed by atoms with Crippen LogP contribution < -0.4 is 21.7 Å². The molecule has 0 saturated heterocycles. The average Bonchev–Trinajstić information content (AvgIpc) is 2.63. The van der Waals surface area contributed by atoms with Gasteiger partial charge in [-0.25, -0.2) is 9.18 Å². The van der Waals surface area contributed by atoms with E-state index >= 15 is 0 Å². The zero-order valence-corrected chi connectivity index (χ0v) is 19.7. The van der Waals surface area contributed by atoms with Crippen molar-refractivity contribution in [1.29, 1.82) is 5.41 Å². The molecule has 1 saturated carbocycles. The SMILES string of the molecule is CC(=N)CC(=S)Nc1cc(NC2CCCCC2NC(=O)OC(C)(C)C)c(F)cc1C(N)=O. The molecule has 0 spiro atoms. The average molecular weight is 466 g/mol. The molecule has 0 heterocycles. The maximum absolute atomic E-state index is 14.8. The number of amides is 2. The number of hydrogen-bond acceptors (Lipinski definition) is 6. The number of nitrogens with one attached hydrogen (secondary N) is 4. The van der Waals surface area contributed by atoms with Gasteiger partial charge in [-0.05, 0) is 52.7 Å². The first kappa shape index (κ1) is 25.5. The summed E-state index contributed by atoms with van der Waals surface area (Å²) in [4.78, 5) is 24.4. The molecule has 0 aliphatic heterocycles. The van der Waals surface area contributed by atoms with Crippen LogP contribution in [0.4, 0.5) is 20.6 Å². The third-order valence-corrected chi connectivity index (χ3v) is 5.13. The van der Waals surface area contributed by atoms with Crippen LogP contribution in [0.5, 0.6) is 0 Å². The van der Waals surface area contributed by atoms with Gasteiger partial charge < -0.3 is 31.8 Å². The molecule has 1 aliphatic carbocycles. The maximum atomic E-state index is 14.8. The highest BCUT2D eigenvalue weighted by molar-refractivity contribution is 7.80. The van der Waals surface area contributed by atoms with E-state index in [1.807, 2.05) is 0 Å². The maximum Gasteiger partial charge on any atom is 0.407 e. The molecule has 6 N–H and O–H groups in total. The Kier molecular flexibility index (Phi) is 8.54. The van der Waals surface area contributed by atoms with Gasteiger partial charge in [-0.3, -0.25) is 4.79 Å². The minimum atomic E-state index is -0.797. The van der Waals surface area contributed by atoms with Crippen LogP contribution in [-0.2, 0) is 4.74 Å². The molecule has 2 atom stereocenters. The normalized spacial score (nSPS) is 18.4. The lowest BCUT2D eigenvalue weighted by Crippen LogP contribution is -2.49. The van der Waals surface area contributed by atoms with Crippen LogP contribution in [0.3, 0.4) is 0 Å². The van der Waals surface area contributed by atoms with Gasteiger partial charge in [0.15, 0.2) is 0 Å². The van der Waals surface area contributed by atoms with Crippen molar-refractivity contribution < 1.29 is 18.7 Å². The summed E-state index contributed by atoms with van der Waals surface area (Å²) in [6, 6.07) is 2.03. The van der Waals surface area contributed by atoms with E-state index in [1.54, 1.807) is 27.7 Å². The van der Waals surface area contributed by atoms with Gasteiger partial charge in [-0.15, -0.1) is 0 Å². The molecular formula is C22H32FN5O3S. The molecule has 1 aliphatic rings. The summed E-state index contributed by atoms with van der Waals surface area (Å²) in [6.45, 7) is 6.98. The predicted octanol–water partition coefficient (Wildman–Crippen LogP) is 4.34. The van der Waals surface area contributed by atoms with Crippen molar-refractivity contribution in [2.75, 3.05) is 10.6 Å². The topological polar surface area (TPSA) is 129 Å². The fourth-order valence-electron chi connectivity index (χ4n) is 3.56. The Labute approximate surface area is 193 Å². The molecule has 32 heavy (non-hydrogen) atoms. The number of nitrogens with two attached hydrogens (primary N) is 1. The number of benzene rings is 1. The first-order valence-corrected chi connectivity index (χ1v) is 11.0. The van der Waals surface area contributed by atoms with Crippen molar-refractivity contribution >= 4 is 46.3 Å². The Morgan fingerprint density at radius 2 is 1.84 bits per heavy atom. The molecule has 176 valence electrons. The molecule has 2 rings (SSSR count). The lowest BCUT2D eigenvalue weighted by atomic mass is 9.90. The van der Waals surface area contributed by atoms with E-state index in [0.717, 1.165) is 31.7 Å². The van der Waals surface area contributed by atoms with Gasteiger partial charge in [0.25, 0.3) is 5.91 Å². The standard InChI is InChI=1S/C22H32FN5O3S/c1-12(24)9-19(32)27-17-11-18(14(23)10-13(17)20(25)29)26-15-7-5-6-8-16(15)28-21(30)31-22(2,3)4/h10-11,15-16,24,26H,5-9H2,1-4H3,(H2,25,29)(H,27,32)(H,28,30). The number of ether oxygens (including phenoxy) is 1. The quantitative estimate of drug-likeness (QED) is 0.301. The van der Waals surface area contributed by atoms with Crippen molar-refractivity contribution in [3.63, 3.8) is 0 Å². The van der Waals surface area contributed by atoms with Crippen LogP contribution in [0.1, 0.15) is 70.2 Å². The summed E-state index contributed by atoms with van der Waals surface area (Å²) in [7, 11) is 0. The zero-order chi connectivity index (χ0) is 24.1. The smallest absolute Gasteiger partial charge is 0.407 e. The van der Waals surface area contributed by atoms with E-state index in [1.165, 1.54) is 6.07 Å². The number of rotatable bonds is 7. The summed E-state index contributed by atoms with van der Waals surface area (Å²) in [5, 5.41) is 16.5. The molecule has 8 nitrogen and oxygen atoms in total. The van der Waals surface area contributed by atoms with E-state index in [9.17, 15) is 14.0 Å². The highest BCUT2D eigenvalue weighted by Crippen LogP contribution is 2.29. The van der Waals surface area contributed by atoms with Gasteiger partial charge in [0.05, 0.1) is 28.0 Å². The fraction of sp³-hybridized carbons (Fsp3) is 0.545. The van der Waals surface area contributed by atoms with Crippen molar-refractivity contribution in [1.82, 2.24) is 5.32 Å². The van der Waals surface area contributed by atoms with Crippen molar-refractivity contribution in [2.45, 2.75) is 77.5 Å². The lowest BCUT2D eigenvalue weighted by Gasteiger charge is -2.34. The second kappa shape index (κ2) is 10.7. The van der Waals surface area contributed by atoms with Crippen LogP contribution in [0.25, 0.3) is 0 Å². The van der Waals surface area contributed by atoms with Gasteiger partial charge in [-0.2, -0.15) is 0 Å². The van der Waals surface area contributed by atoms with Crippen LogP contribution in [0.15, 0.2) is 12.1 Å². The predicted molar refractivity (Wildman–Crippen MR) is 128 cm³/mol. The largest absolute Gasteiger partial charge is 0.444 e. The molecule has 0 aromatic heterocycles. The highest BCUT2D eigenvalue weighted by Gasteiger charge is 2.29. The number of hydrogen-bond donors (Lipinski definition) is 5. The number of alkyl carbamates (subject to hydrolysis) is 1. The number of halogens is 1. The molecular weight excluding hydrogens is 433 g/mol. The number of primary amides is 1. The second-order valence-electron chi connectivity index (χ2n) is 9.04. The van der Waals surface area contributed by atoms with E-state index in [4.69, 9.17) is 28.1 Å². The zero-order valence-electron chi connectivity index (χ0n) is 18.9. The molecule has 1 aromatic carbocycles. The molecule has 0 radical (unpaired) electrons. The number of carbonyl (C=O) groups is 2. The molecule has 1 fully saturated rings. The molecule has 2 amide bonds. The monoisotopic (exact) mass is 465 g/mol. The van der Waals surface area contributed by atoms with Gasteiger partial charge in [0.2, 0.25) is 0 Å². The van der Waals surface area contributed by atoms with Gasteiger partial charge in [0.1, 0.15) is 11.4 Å². The number of carbonyl (C=O) groups excluding carboxylic acids is 2. The Balaban J connectivity index is 2.24. The van der Waals surface area contributed by atoms with Crippen LogP contribution in [-0.4, -0.2) is 40.4 Å². The van der Waals surface area contributed by atoms with Gasteiger partial charge in [0, 0.05) is 18.2 Å². The summed E-state index contributed by atoms with van der Waals surface area (Å²) < 4.78 is 20.2. The fourth-order valence-corrected chi connectivity index (χ4v) is 3.89. The van der Waals surface area contributed by atoms with E-state index < -0.39 is 23.4 Å². The van der Waals surface area contributed by atoms with Crippen molar-refractivity contribution in [3.8, 4) is 0 Å². The second-order valence-corrected chi connectivity index (χ2v) is 9.53. The number of thiocarbonyl (C=S) groups is 1. The van der Waals surface area contributed by atoms with Crippen LogP contribution >= 0.6 is 12.2 Å². The summed E-state index contributed by atoms with van der Waals surface area (Å²) in [5.41, 5.74) is 5.53. The minimum Gasteiger partial charge on any atom is -0.444 e. The summed E-state index contributed by atoms with van der Waals surface area (Å²) in [5.74, 6) is -1.44. The molecule has 2 unspecified atom stereocenters. The Morgan fingerprint density at radius 3 is 2.41 bits per heavy atom. The molecule has 1 aromatic rings. The van der Waals surface area contributed by atoms with E-state index in [-0.39, 0.29) is 35.4 Å². The minimum absolute atomic E-state index is 0.0369. The third kappa shape index (κ3) is 7.74. The van der Waals surface area contributed by atoms with E-state index in [0.29, 0.717) is 10.7 Å². The summed E-state index contributed by atoms with van der Waals surface area (Å²) in [6.07, 6.45) is 3.01. The Morgan fingerprint density at radius 1 is 1.22 bits per heavy atom. The third-order valence-electron chi connectivity index (χ3n) is 4.88. The van der Waals surface area contributed by atoms with Gasteiger partial charge in [-0.1, -0.05) is 25.1 Å². The first-order chi connectivity index (χ1) is 14.9. The first-order valence-electron chi connectivity index (χ1n) is 10.6. The summed E-state index contributed by atoms with van der Waals surface area (Å²) >= 11 is 5.23. The highest BCUT2D eigenvalue weighted by atomic mass is 32.1. The van der Waals surface area contributed by atoms with Crippen molar-refractivity contribution in [2.24, 2.45) is 5.73 Å². The van der Waals surface area contributed by atoms with Crippen LogP contribution in [0.2, 0.25) is 0 Å². The van der Waals surface area contributed by atoms with Gasteiger partial charge >= 0.3 is 6.09 Å².